The average molecular weight is 412 g/mol. The summed E-state index contributed by atoms with van der Waals surface area (Å²) in [6.45, 7) is -4.82. The van der Waals surface area contributed by atoms with Crippen molar-refractivity contribution in [3.8, 4) is 0 Å². The van der Waals surface area contributed by atoms with Gasteiger partial charge >= 0.3 is 26.8 Å². The Hall–Kier alpha value is -0.710. The van der Waals surface area contributed by atoms with Crippen LogP contribution in [0.2, 0.25) is 0 Å². The molecule has 7 nitrogen and oxygen atoms in total. The van der Waals surface area contributed by atoms with Gasteiger partial charge in [0, 0.05) is 26.2 Å². The fourth-order valence-corrected chi connectivity index (χ4v) is 4.04. The van der Waals surface area contributed by atoms with Gasteiger partial charge in [-0.3, -0.25) is 9.45 Å². The number of hydrogen-bond acceptors (Lipinski definition) is 5. The molecule has 0 aromatic heterocycles. The maximum absolute atomic E-state index is 13.5. The molecule has 0 saturated carbocycles. The van der Waals surface area contributed by atoms with Crippen LogP contribution in [0, 0.1) is 0 Å². The minimum absolute atomic E-state index is 0.251. The molecule has 0 aromatic rings. The van der Waals surface area contributed by atoms with Crippen molar-refractivity contribution >= 4 is 20.1 Å². The SMILES string of the molecule is O=S(=O)(O)C(F)(F)C(F)(F)S(=O)(=O)N1CCN(CC(F)(F)F)CC1. The molecule has 1 rings (SSSR count). The molecule has 1 aliphatic rings. The molecule has 144 valence electrons. The molecule has 0 aliphatic carbocycles. The maximum Gasteiger partial charge on any atom is 0.448 e. The lowest BCUT2D eigenvalue weighted by Gasteiger charge is -2.36. The maximum atomic E-state index is 13.5. The Morgan fingerprint density at radius 3 is 1.54 bits per heavy atom. The van der Waals surface area contributed by atoms with Crippen LogP contribution in [0.3, 0.4) is 0 Å². The summed E-state index contributed by atoms with van der Waals surface area (Å²) < 4.78 is 141. The van der Waals surface area contributed by atoms with E-state index in [4.69, 9.17) is 4.55 Å². The first-order valence-electron chi connectivity index (χ1n) is 5.95. The Morgan fingerprint density at radius 2 is 1.21 bits per heavy atom. The van der Waals surface area contributed by atoms with Gasteiger partial charge in [0.25, 0.3) is 10.0 Å². The third-order valence-corrected chi connectivity index (χ3v) is 6.04. The van der Waals surface area contributed by atoms with Gasteiger partial charge in [-0.1, -0.05) is 0 Å². The van der Waals surface area contributed by atoms with E-state index in [0.29, 0.717) is 4.90 Å². The Morgan fingerprint density at radius 1 is 0.792 bits per heavy atom. The molecule has 0 unspecified atom stereocenters. The lowest BCUT2D eigenvalue weighted by Crippen LogP contribution is -2.60. The number of halogens is 7. The van der Waals surface area contributed by atoms with Crippen molar-refractivity contribution in [1.82, 2.24) is 9.21 Å². The first kappa shape index (κ1) is 21.3. The molecule has 1 heterocycles. The molecule has 1 N–H and O–H groups in total. The molecular weight excluding hydrogens is 401 g/mol. The van der Waals surface area contributed by atoms with Crippen LogP contribution in [0.4, 0.5) is 30.7 Å². The second-order valence-electron chi connectivity index (χ2n) is 4.80. The van der Waals surface area contributed by atoms with Gasteiger partial charge in [-0.2, -0.15) is 43.5 Å². The highest BCUT2D eigenvalue weighted by Crippen LogP contribution is 2.43. The molecule has 24 heavy (non-hydrogen) atoms. The van der Waals surface area contributed by atoms with Crippen molar-refractivity contribution in [2.75, 3.05) is 32.7 Å². The number of alkyl halides is 7. The molecule has 1 saturated heterocycles. The highest BCUT2D eigenvalue weighted by atomic mass is 32.2. The van der Waals surface area contributed by atoms with E-state index in [9.17, 15) is 47.6 Å². The van der Waals surface area contributed by atoms with Crippen LogP contribution in [0.25, 0.3) is 0 Å². The molecule has 0 radical (unpaired) electrons. The largest absolute Gasteiger partial charge is 0.448 e. The van der Waals surface area contributed by atoms with E-state index in [2.05, 4.69) is 0 Å². The molecule has 0 spiro atoms. The summed E-state index contributed by atoms with van der Waals surface area (Å²) in [7, 11) is -13.0. The van der Waals surface area contributed by atoms with Crippen molar-refractivity contribution in [1.29, 1.82) is 0 Å². The van der Waals surface area contributed by atoms with Crippen molar-refractivity contribution < 1.29 is 52.1 Å². The van der Waals surface area contributed by atoms with E-state index in [0.717, 1.165) is 0 Å². The van der Waals surface area contributed by atoms with Crippen molar-refractivity contribution in [3.05, 3.63) is 0 Å². The summed E-state index contributed by atoms with van der Waals surface area (Å²) in [6.07, 6.45) is -4.64. The summed E-state index contributed by atoms with van der Waals surface area (Å²) >= 11 is 0. The molecule has 0 bridgehead atoms. The summed E-state index contributed by atoms with van der Waals surface area (Å²) in [5, 5.41) is -12.5. The van der Waals surface area contributed by atoms with Crippen LogP contribution in [0.15, 0.2) is 0 Å². The molecule has 0 aromatic carbocycles. The Labute approximate surface area is 131 Å². The van der Waals surface area contributed by atoms with Crippen LogP contribution < -0.4 is 0 Å². The molecule has 1 aliphatic heterocycles. The van der Waals surface area contributed by atoms with Crippen LogP contribution >= 0.6 is 0 Å². The molecular formula is C8H11F7N2O5S2. The highest BCUT2D eigenvalue weighted by molar-refractivity contribution is 7.93. The van der Waals surface area contributed by atoms with Crippen molar-refractivity contribution in [2.45, 2.75) is 16.7 Å². The lowest BCUT2D eigenvalue weighted by molar-refractivity contribution is -0.148. The normalized spacial score (nSPS) is 20.3. The number of nitrogens with zero attached hydrogens (tertiary/aromatic N) is 2. The Kier molecular flexibility index (Phi) is 5.53. The van der Waals surface area contributed by atoms with Crippen LogP contribution in [-0.4, -0.2) is 80.0 Å². The van der Waals surface area contributed by atoms with E-state index in [-0.39, 0.29) is 4.31 Å². The number of piperazine rings is 1. The zero-order chi connectivity index (χ0) is 19.2. The predicted octanol–water partition coefficient (Wildman–Crippen LogP) is 0.570. The average Bonchev–Trinajstić information content (AvgIpc) is 2.35. The Balaban J connectivity index is 2.99. The van der Waals surface area contributed by atoms with Gasteiger partial charge in [-0.05, 0) is 0 Å². The first-order valence-corrected chi connectivity index (χ1v) is 8.83. The molecule has 0 amide bonds. The fourth-order valence-electron chi connectivity index (χ4n) is 1.84. The van der Waals surface area contributed by atoms with Gasteiger partial charge in [0.2, 0.25) is 0 Å². The van der Waals surface area contributed by atoms with Crippen LogP contribution in [0.1, 0.15) is 0 Å². The number of hydrogen-bond donors (Lipinski definition) is 1. The fraction of sp³-hybridized carbons (Fsp3) is 1.00. The summed E-state index contributed by atoms with van der Waals surface area (Å²) in [5.41, 5.74) is 0. The van der Waals surface area contributed by atoms with E-state index < -0.39 is 69.6 Å². The predicted molar refractivity (Wildman–Crippen MR) is 64.4 cm³/mol. The van der Waals surface area contributed by atoms with Gasteiger partial charge < -0.3 is 0 Å². The zero-order valence-electron chi connectivity index (χ0n) is 11.5. The summed E-state index contributed by atoms with van der Waals surface area (Å²) in [5.74, 6) is 0. The standard InChI is InChI=1S/C8H11F7N2O5S2/c9-6(10,11)5-16-1-3-17(4-2-16)23(18,19)7(12,13)8(14,15)24(20,21)22/h1-5H2,(H,20,21,22). The quantitative estimate of drug-likeness (QED) is 0.524. The minimum atomic E-state index is -6.76. The second kappa shape index (κ2) is 6.22. The lowest BCUT2D eigenvalue weighted by atomic mass is 10.3. The van der Waals surface area contributed by atoms with E-state index in [1.165, 1.54) is 0 Å². The third kappa shape index (κ3) is 3.92. The molecule has 16 heteroatoms. The van der Waals surface area contributed by atoms with Gasteiger partial charge in [0.15, 0.2) is 0 Å². The summed E-state index contributed by atoms with van der Waals surface area (Å²) in [4.78, 5) is 0.658. The van der Waals surface area contributed by atoms with Gasteiger partial charge in [0.1, 0.15) is 0 Å². The van der Waals surface area contributed by atoms with Gasteiger partial charge in [-0.25, -0.2) is 8.42 Å². The third-order valence-electron chi connectivity index (χ3n) is 3.06. The molecule has 0 atom stereocenters. The minimum Gasteiger partial charge on any atom is -0.292 e. The highest BCUT2D eigenvalue weighted by Gasteiger charge is 2.74. The monoisotopic (exact) mass is 412 g/mol. The van der Waals surface area contributed by atoms with Gasteiger partial charge in [0.05, 0.1) is 6.54 Å². The van der Waals surface area contributed by atoms with Crippen LogP contribution in [-0.2, 0) is 20.1 Å². The zero-order valence-corrected chi connectivity index (χ0v) is 13.1. The number of rotatable bonds is 5. The van der Waals surface area contributed by atoms with Crippen molar-refractivity contribution in [2.24, 2.45) is 0 Å². The van der Waals surface area contributed by atoms with Crippen molar-refractivity contribution in [3.63, 3.8) is 0 Å². The first-order chi connectivity index (χ1) is 10.4. The number of sulfonamides is 1. The van der Waals surface area contributed by atoms with E-state index in [1.54, 1.807) is 0 Å². The molecule has 1 fully saturated rings. The van der Waals surface area contributed by atoms with Gasteiger partial charge in [-0.15, -0.1) is 0 Å². The van der Waals surface area contributed by atoms with E-state index >= 15 is 0 Å². The smallest absolute Gasteiger partial charge is 0.292 e. The Bertz CT molecular complexity index is 667. The summed E-state index contributed by atoms with van der Waals surface area (Å²) in [6, 6.07) is 0. The topological polar surface area (TPSA) is 95.0 Å². The van der Waals surface area contributed by atoms with Crippen LogP contribution in [0.5, 0.6) is 0 Å². The second-order valence-corrected chi connectivity index (χ2v) is 8.25. The van der Waals surface area contributed by atoms with E-state index in [1.807, 2.05) is 0 Å².